The number of aryl methyl sites for hydroxylation is 1. The van der Waals surface area contributed by atoms with Crippen LogP contribution >= 0.6 is 0 Å². The SMILES string of the molecule is Cc1noc(CCNc2c(C#N)cnc3ccccc23)n1. The fourth-order valence-electron chi connectivity index (χ4n) is 2.15. The molecule has 0 fully saturated rings. The van der Waals surface area contributed by atoms with Crippen LogP contribution in [0.5, 0.6) is 0 Å². The van der Waals surface area contributed by atoms with Crippen molar-refractivity contribution >= 4 is 16.6 Å². The Morgan fingerprint density at radius 1 is 1.33 bits per heavy atom. The number of nitrogens with zero attached hydrogens (tertiary/aromatic N) is 4. The summed E-state index contributed by atoms with van der Waals surface area (Å²) >= 11 is 0. The van der Waals surface area contributed by atoms with Gasteiger partial charge in [-0.3, -0.25) is 4.98 Å². The number of pyridine rings is 1. The summed E-state index contributed by atoms with van der Waals surface area (Å²) < 4.78 is 5.07. The normalized spacial score (nSPS) is 10.5. The molecule has 0 aliphatic heterocycles. The third-order valence-electron chi connectivity index (χ3n) is 3.11. The van der Waals surface area contributed by atoms with E-state index in [0.717, 1.165) is 16.6 Å². The van der Waals surface area contributed by atoms with Gasteiger partial charge in [-0.25, -0.2) is 0 Å². The average Bonchev–Trinajstić information content (AvgIpc) is 2.93. The van der Waals surface area contributed by atoms with Crippen molar-refractivity contribution in [2.24, 2.45) is 0 Å². The van der Waals surface area contributed by atoms with Gasteiger partial charge in [0, 0.05) is 24.5 Å². The molecular weight excluding hydrogens is 266 g/mol. The minimum absolute atomic E-state index is 0.524. The van der Waals surface area contributed by atoms with Gasteiger partial charge in [0.1, 0.15) is 6.07 Å². The highest BCUT2D eigenvalue weighted by molar-refractivity contribution is 5.93. The monoisotopic (exact) mass is 279 g/mol. The Morgan fingerprint density at radius 3 is 2.95 bits per heavy atom. The van der Waals surface area contributed by atoms with Crippen molar-refractivity contribution in [1.82, 2.24) is 15.1 Å². The lowest BCUT2D eigenvalue weighted by atomic mass is 10.1. The van der Waals surface area contributed by atoms with Crippen LogP contribution in [-0.2, 0) is 6.42 Å². The quantitative estimate of drug-likeness (QED) is 0.789. The van der Waals surface area contributed by atoms with Gasteiger partial charge in [-0.2, -0.15) is 10.2 Å². The molecule has 0 spiro atoms. The number of para-hydroxylation sites is 1. The van der Waals surface area contributed by atoms with Gasteiger partial charge in [0.05, 0.1) is 16.8 Å². The van der Waals surface area contributed by atoms with Crippen molar-refractivity contribution in [2.45, 2.75) is 13.3 Å². The van der Waals surface area contributed by atoms with Crippen LogP contribution in [0.15, 0.2) is 35.0 Å². The number of benzene rings is 1. The van der Waals surface area contributed by atoms with E-state index in [1.165, 1.54) is 0 Å². The molecule has 2 aromatic heterocycles. The summed E-state index contributed by atoms with van der Waals surface area (Å²) in [5, 5.41) is 17.2. The summed E-state index contributed by atoms with van der Waals surface area (Å²) in [6.07, 6.45) is 2.18. The van der Waals surface area contributed by atoms with Crippen molar-refractivity contribution in [3.05, 3.63) is 47.7 Å². The first-order chi connectivity index (χ1) is 10.3. The van der Waals surface area contributed by atoms with E-state index < -0.39 is 0 Å². The molecule has 104 valence electrons. The molecule has 6 heteroatoms. The second kappa shape index (κ2) is 5.59. The summed E-state index contributed by atoms with van der Waals surface area (Å²) in [7, 11) is 0. The Hall–Kier alpha value is -2.94. The Balaban J connectivity index is 1.84. The summed E-state index contributed by atoms with van der Waals surface area (Å²) in [5.41, 5.74) is 2.17. The standard InChI is InChI=1S/C15H13N5O/c1-10-19-14(21-20-10)6-7-17-15-11(8-16)9-18-13-5-3-2-4-12(13)15/h2-5,9H,6-7H2,1H3,(H,17,18). The Bertz CT molecular complexity index is 818. The van der Waals surface area contributed by atoms with Crippen LogP contribution in [0.1, 0.15) is 17.3 Å². The average molecular weight is 279 g/mol. The number of anilines is 1. The Morgan fingerprint density at radius 2 is 2.19 bits per heavy atom. The molecule has 0 saturated carbocycles. The van der Waals surface area contributed by atoms with Crippen molar-refractivity contribution in [3.8, 4) is 6.07 Å². The van der Waals surface area contributed by atoms with Crippen LogP contribution in [0.25, 0.3) is 10.9 Å². The highest BCUT2D eigenvalue weighted by Gasteiger charge is 2.09. The molecular formula is C15H13N5O. The van der Waals surface area contributed by atoms with Gasteiger partial charge in [0.25, 0.3) is 0 Å². The van der Waals surface area contributed by atoms with E-state index >= 15 is 0 Å². The number of rotatable bonds is 4. The molecule has 21 heavy (non-hydrogen) atoms. The summed E-state index contributed by atoms with van der Waals surface area (Å²) in [4.78, 5) is 8.43. The van der Waals surface area contributed by atoms with E-state index in [9.17, 15) is 5.26 Å². The van der Waals surface area contributed by atoms with Crippen molar-refractivity contribution in [1.29, 1.82) is 5.26 Å². The number of fused-ring (bicyclic) bond motifs is 1. The van der Waals surface area contributed by atoms with Crippen LogP contribution in [0, 0.1) is 18.3 Å². The largest absolute Gasteiger partial charge is 0.383 e. The van der Waals surface area contributed by atoms with Crippen molar-refractivity contribution < 1.29 is 4.52 Å². The van der Waals surface area contributed by atoms with Crippen molar-refractivity contribution in [2.75, 3.05) is 11.9 Å². The van der Waals surface area contributed by atoms with E-state index in [-0.39, 0.29) is 0 Å². The van der Waals surface area contributed by atoms with Gasteiger partial charge in [-0.15, -0.1) is 0 Å². The smallest absolute Gasteiger partial charge is 0.228 e. The highest BCUT2D eigenvalue weighted by Crippen LogP contribution is 2.25. The van der Waals surface area contributed by atoms with E-state index in [4.69, 9.17) is 4.52 Å². The molecule has 0 saturated heterocycles. The molecule has 0 amide bonds. The number of nitrogens with one attached hydrogen (secondary N) is 1. The van der Waals surface area contributed by atoms with Crippen LogP contribution in [0.3, 0.4) is 0 Å². The first-order valence-electron chi connectivity index (χ1n) is 6.59. The molecule has 0 unspecified atom stereocenters. The molecule has 0 aliphatic rings. The molecule has 0 aliphatic carbocycles. The second-order valence-electron chi connectivity index (χ2n) is 4.59. The lowest BCUT2D eigenvalue weighted by molar-refractivity contribution is 0.377. The number of nitriles is 1. The molecule has 6 nitrogen and oxygen atoms in total. The number of hydrogen-bond donors (Lipinski definition) is 1. The van der Waals surface area contributed by atoms with Crippen LogP contribution in [0.2, 0.25) is 0 Å². The van der Waals surface area contributed by atoms with E-state index in [2.05, 4.69) is 26.5 Å². The fourth-order valence-corrected chi connectivity index (χ4v) is 2.15. The van der Waals surface area contributed by atoms with Crippen LogP contribution in [0.4, 0.5) is 5.69 Å². The highest BCUT2D eigenvalue weighted by atomic mass is 16.5. The predicted molar refractivity (Wildman–Crippen MR) is 77.7 cm³/mol. The molecule has 1 aromatic carbocycles. The first kappa shape index (κ1) is 13.1. The van der Waals surface area contributed by atoms with Gasteiger partial charge < -0.3 is 9.84 Å². The fraction of sp³-hybridized carbons (Fsp3) is 0.200. The lowest BCUT2D eigenvalue weighted by Crippen LogP contribution is -2.07. The maximum Gasteiger partial charge on any atom is 0.228 e. The third-order valence-corrected chi connectivity index (χ3v) is 3.11. The van der Waals surface area contributed by atoms with E-state index in [0.29, 0.717) is 30.2 Å². The number of hydrogen-bond acceptors (Lipinski definition) is 6. The molecule has 0 bridgehead atoms. The summed E-state index contributed by atoms with van der Waals surface area (Å²) in [5.74, 6) is 1.20. The Labute approximate surface area is 121 Å². The van der Waals surface area contributed by atoms with Gasteiger partial charge in [-0.05, 0) is 13.0 Å². The minimum atomic E-state index is 0.524. The molecule has 0 atom stereocenters. The van der Waals surface area contributed by atoms with Crippen LogP contribution < -0.4 is 5.32 Å². The summed E-state index contributed by atoms with van der Waals surface area (Å²) in [6, 6.07) is 9.88. The maximum atomic E-state index is 9.23. The zero-order valence-electron chi connectivity index (χ0n) is 11.5. The van der Waals surface area contributed by atoms with Gasteiger partial charge in [0.15, 0.2) is 5.82 Å². The maximum absolute atomic E-state index is 9.23. The van der Waals surface area contributed by atoms with Gasteiger partial charge >= 0.3 is 0 Å². The van der Waals surface area contributed by atoms with Gasteiger partial charge in [-0.1, -0.05) is 23.4 Å². The van der Waals surface area contributed by atoms with E-state index in [1.54, 1.807) is 13.1 Å². The molecule has 3 rings (SSSR count). The molecule has 1 N–H and O–H groups in total. The second-order valence-corrected chi connectivity index (χ2v) is 4.59. The molecule has 3 aromatic rings. The zero-order chi connectivity index (χ0) is 14.7. The third kappa shape index (κ3) is 2.67. The Kier molecular flexibility index (Phi) is 3.48. The summed E-state index contributed by atoms with van der Waals surface area (Å²) in [6.45, 7) is 2.38. The van der Waals surface area contributed by atoms with E-state index in [1.807, 2.05) is 24.3 Å². The molecule has 0 radical (unpaired) electrons. The minimum Gasteiger partial charge on any atom is -0.383 e. The van der Waals surface area contributed by atoms with Crippen LogP contribution in [-0.4, -0.2) is 21.7 Å². The first-order valence-corrected chi connectivity index (χ1v) is 6.59. The number of aromatic nitrogens is 3. The van der Waals surface area contributed by atoms with Gasteiger partial charge in [0.2, 0.25) is 5.89 Å². The predicted octanol–water partition coefficient (Wildman–Crippen LogP) is 2.45. The topological polar surface area (TPSA) is 87.6 Å². The van der Waals surface area contributed by atoms with Crippen molar-refractivity contribution in [3.63, 3.8) is 0 Å². The molecule has 2 heterocycles. The zero-order valence-corrected chi connectivity index (χ0v) is 11.5. The lowest BCUT2D eigenvalue weighted by Gasteiger charge is -2.10.